The molecule has 1 aliphatic heterocycles. The second-order valence-electron chi connectivity index (χ2n) is 7.63. The highest BCUT2D eigenvalue weighted by molar-refractivity contribution is 5.97. The first-order valence-electron chi connectivity index (χ1n) is 10.5. The van der Waals surface area contributed by atoms with E-state index in [0.29, 0.717) is 35.5 Å². The van der Waals surface area contributed by atoms with Crippen molar-refractivity contribution in [3.8, 4) is 11.9 Å². The maximum atomic E-state index is 13.0. The molecule has 0 saturated heterocycles. The Bertz CT molecular complexity index is 1270. The summed E-state index contributed by atoms with van der Waals surface area (Å²) in [6.45, 7) is -1.29. The molecule has 2 heterocycles. The van der Waals surface area contributed by atoms with Crippen molar-refractivity contribution in [2.75, 3.05) is 19.0 Å². The maximum Gasteiger partial charge on any atom is 0.406 e. The van der Waals surface area contributed by atoms with Crippen LogP contribution in [-0.2, 0) is 11.2 Å². The number of rotatable bonds is 5. The molecule has 0 aliphatic carbocycles. The van der Waals surface area contributed by atoms with Gasteiger partial charge in [0, 0.05) is 23.5 Å². The van der Waals surface area contributed by atoms with Crippen molar-refractivity contribution in [1.29, 1.82) is 5.26 Å². The lowest BCUT2D eigenvalue weighted by Crippen LogP contribution is -2.45. The summed E-state index contributed by atoms with van der Waals surface area (Å²) >= 11 is 0. The first-order valence-corrected chi connectivity index (χ1v) is 10.5. The predicted molar refractivity (Wildman–Crippen MR) is 122 cm³/mol. The van der Waals surface area contributed by atoms with Crippen LogP contribution in [0.15, 0.2) is 60.8 Å². The number of nitrogens with zero attached hydrogens (tertiary/aromatic N) is 3. The minimum absolute atomic E-state index is 0.0816. The number of benzene rings is 2. The standard InChI is InChI=1S/C17H15F3N2O2.C8H5FN2O/c1-24-15-7-6-12(9-21-15)14-8-11-4-2-3-5-13(11)16(23)22(14)10-17(18,19)20;9-8-2-1-7(11-5-12)3-6(8)4-10/h2-7,9,14H,8,10H2,1H3;1-3,5H,(H,11,12)/t14-;/m0./s1. The average Bonchev–Trinajstić information content (AvgIpc) is 2.87. The van der Waals surface area contributed by atoms with Crippen molar-refractivity contribution in [3.05, 3.63) is 88.9 Å². The minimum Gasteiger partial charge on any atom is -0.481 e. The van der Waals surface area contributed by atoms with Gasteiger partial charge in [-0.2, -0.15) is 18.4 Å². The van der Waals surface area contributed by atoms with Crippen molar-refractivity contribution in [2.24, 2.45) is 0 Å². The monoisotopic (exact) mass is 500 g/mol. The highest BCUT2D eigenvalue weighted by Gasteiger charge is 2.40. The largest absolute Gasteiger partial charge is 0.481 e. The number of alkyl halides is 3. The molecule has 0 unspecified atom stereocenters. The Kier molecular flexibility index (Phi) is 8.22. The van der Waals surface area contributed by atoms with Gasteiger partial charge in [-0.3, -0.25) is 9.59 Å². The normalized spacial score (nSPS) is 14.6. The van der Waals surface area contributed by atoms with E-state index in [2.05, 4.69) is 10.3 Å². The van der Waals surface area contributed by atoms with Crippen LogP contribution >= 0.6 is 0 Å². The highest BCUT2D eigenvalue weighted by atomic mass is 19.4. The zero-order valence-corrected chi connectivity index (χ0v) is 18.9. The molecule has 36 heavy (non-hydrogen) atoms. The van der Waals surface area contributed by atoms with Crippen LogP contribution in [0, 0.1) is 17.1 Å². The Morgan fingerprint density at radius 3 is 2.58 bits per heavy atom. The fourth-order valence-corrected chi connectivity index (χ4v) is 3.67. The summed E-state index contributed by atoms with van der Waals surface area (Å²) in [5.41, 5.74) is 1.92. The molecule has 4 rings (SSSR count). The number of nitrogens with one attached hydrogen (secondary N) is 1. The number of carbonyl (C=O) groups excluding carboxylic acids is 2. The van der Waals surface area contributed by atoms with E-state index in [-0.39, 0.29) is 5.56 Å². The van der Waals surface area contributed by atoms with Crippen molar-refractivity contribution >= 4 is 18.0 Å². The summed E-state index contributed by atoms with van der Waals surface area (Å²) in [4.78, 5) is 27.5. The van der Waals surface area contributed by atoms with Crippen LogP contribution < -0.4 is 10.1 Å². The Balaban J connectivity index is 0.000000253. The summed E-state index contributed by atoms with van der Waals surface area (Å²) in [5, 5.41) is 10.7. The number of carbonyl (C=O) groups is 2. The highest BCUT2D eigenvalue weighted by Crippen LogP contribution is 2.35. The van der Waals surface area contributed by atoms with Gasteiger partial charge in [0.25, 0.3) is 5.91 Å². The Labute approximate surface area is 203 Å². The molecule has 0 fully saturated rings. The maximum absolute atomic E-state index is 13.0. The third-order valence-electron chi connectivity index (χ3n) is 5.31. The van der Waals surface area contributed by atoms with Gasteiger partial charge in [-0.1, -0.05) is 24.3 Å². The summed E-state index contributed by atoms with van der Waals surface area (Å²) in [6.07, 6.45) is -2.24. The molecule has 2 amide bonds. The number of fused-ring (bicyclic) bond motifs is 1. The van der Waals surface area contributed by atoms with E-state index in [9.17, 15) is 27.2 Å². The van der Waals surface area contributed by atoms with Crippen molar-refractivity contribution in [1.82, 2.24) is 9.88 Å². The zero-order valence-electron chi connectivity index (χ0n) is 18.9. The molecular weight excluding hydrogens is 480 g/mol. The Morgan fingerprint density at radius 1 is 1.22 bits per heavy atom. The Morgan fingerprint density at radius 2 is 1.97 bits per heavy atom. The number of hydrogen-bond acceptors (Lipinski definition) is 5. The van der Waals surface area contributed by atoms with Crippen molar-refractivity contribution in [3.63, 3.8) is 0 Å². The van der Waals surface area contributed by atoms with Crippen LogP contribution in [0.1, 0.15) is 33.1 Å². The summed E-state index contributed by atoms with van der Waals surface area (Å²) in [6, 6.07) is 14.7. The van der Waals surface area contributed by atoms with E-state index < -0.39 is 30.5 Å². The number of aromatic nitrogens is 1. The van der Waals surface area contributed by atoms with Gasteiger partial charge in [-0.15, -0.1) is 0 Å². The smallest absolute Gasteiger partial charge is 0.406 e. The minimum atomic E-state index is -4.47. The quantitative estimate of drug-likeness (QED) is 0.406. The molecule has 1 aliphatic rings. The molecule has 2 aromatic carbocycles. The van der Waals surface area contributed by atoms with E-state index in [1.54, 1.807) is 42.5 Å². The van der Waals surface area contributed by atoms with Crippen LogP contribution in [0.5, 0.6) is 5.88 Å². The number of anilines is 1. The van der Waals surface area contributed by atoms with Gasteiger partial charge in [-0.05, 0) is 41.8 Å². The molecule has 1 aromatic heterocycles. The van der Waals surface area contributed by atoms with Crippen LogP contribution in [0.3, 0.4) is 0 Å². The van der Waals surface area contributed by atoms with Crippen LogP contribution in [0.4, 0.5) is 23.2 Å². The number of hydrogen-bond donors (Lipinski definition) is 1. The molecule has 0 bridgehead atoms. The lowest BCUT2D eigenvalue weighted by molar-refractivity contribution is -0.145. The van der Waals surface area contributed by atoms with E-state index >= 15 is 0 Å². The number of nitriles is 1. The molecule has 1 atom stereocenters. The van der Waals surface area contributed by atoms with Gasteiger partial charge in [0.2, 0.25) is 12.3 Å². The third-order valence-corrected chi connectivity index (χ3v) is 5.31. The molecule has 3 aromatic rings. The summed E-state index contributed by atoms with van der Waals surface area (Å²) in [5.74, 6) is -0.840. The van der Waals surface area contributed by atoms with E-state index in [1.807, 2.05) is 0 Å². The fourth-order valence-electron chi connectivity index (χ4n) is 3.67. The van der Waals surface area contributed by atoms with Crippen LogP contribution in [0.2, 0.25) is 0 Å². The third kappa shape index (κ3) is 6.35. The first kappa shape index (κ1) is 26.2. The van der Waals surface area contributed by atoms with Gasteiger partial charge < -0.3 is 15.0 Å². The van der Waals surface area contributed by atoms with Gasteiger partial charge in [0.15, 0.2) is 0 Å². The molecule has 186 valence electrons. The van der Waals surface area contributed by atoms with E-state index in [0.717, 1.165) is 16.5 Å². The zero-order chi connectivity index (χ0) is 26.3. The van der Waals surface area contributed by atoms with Gasteiger partial charge in [-0.25, -0.2) is 9.37 Å². The second-order valence-corrected chi connectivity index (χ2v) is 7.63. The summed E-state index contributed by atoms with van der Waals surface area (Å²) in [7, 11) is 1.46. The fraction of sp³-hybridized carbons (Fsp3) is 0.200. The van der Waals surface area contributed by atoms with Gasteiger partial charge in [0.05, 0.1) is 18.7 Å². The number of methoxy groups -OCH3 is 1. The molecule has 0 saturated carbocycles. The molecule has 0 radical (unpaired) electrons. The predicted octanol–water partition coefficient (Wildman–Crippen LogP) is 4.66. The van der Waals surface area contributed by atoms with Crippen LogP contribution in [-0.4, -0.2) is 42.0 Å². The first-order chi connectivity index (χ1) is 17.2. The Hall–Kier alpha value is -4.46. The molecule has 0 spiro atoms. The SMILES string of the molecule is COc1ccc([C@@H]2Cc3ccccc3C(=O)N2CC(F)(F)F)cn1.N#Cc1cc(NC=O)ccc1F. The molecular formula is C25H20F4N4O3. The topological polar surface area (TPSA) is 95.3 Å². The van der Waals surface area contributed by atoms with Crippen molar-refractivity contribution < 1.29 is 31.9 Å². The van der Waals surface area contributed by atoms with Crippen LogP contribution in [0.25, 0.3) is 0 Å². The van der Waals surface area contributed by atoms with Crippen molar-refractivity contribution in [2.45, 2.75) is 18.6 Å². The second kappa shape index (κ2) is 11.3. The molecule has 11 heteroatoms. The van der Waals surface area contributed by atoms with E-state index in [1.165, 1.54) is 25.4 Å². The lowest BCUT2D eigenvalue weighted by Gasteiger charge is -2.37. The summed E-state index contributed by atoms with van der Waals surface area (Å²) < 4.78 is 56.5. The van der Waals surface area contributed by atoms with Gasteiger partial charge >= 0.3 is 6.18 Å². The van der Waals surface area contributed by atoms with E-state index in [4.69, 9.17) is 10.00 Å². The lowest BCUT2D eigenvalue weighted by atomic mass is 9.90. The number of halogens is 4. The number of pyridine rings is 1. The molecule has 7 nitrogen and oxygen atoms in total. The number of ether oxygens (including phenoxy) is 1. The number of amides is 2. The van der Waals surface area contributed by atoms with Gasteiger partial charge in [0.1, 0.15) is 18.4 Å². The molecule has 1 N–H and O–H groups in total. The average molecular weight is 500 g/mol.